The van der Waals surface area contributed by atoms with Gasteiger partial charge in [-0.25, -0.2) is 9.50 Å². The molecule has 5 rings (SSSR count). The molecule has 7 nitrogen and oxygen atoms in total. The van der Waals surface area contributed by atoms with Gasteiger partial charge in [-0.05, 0) is 56.4 Å². The van der Waals surface area contributed by atoms with Gasteiger partial charge < -0.3 is 10.4 Å². The van der Waals surface area contributed by atoms with Gasteiger partial charge >= 0.3 is 0 Å². The lowest BCUT2D eigenvalue weighted by molar-refractivity contribution is 0.0195. The topological polar surface area (TPSA) is 88.2 Å². The van der Waals surface area contributed by atoms with Gasteiger partial charge in [0.15, 0.2) is 0 Å². The van der Waals surface area contributed by atoms with Gasteiger partial charge in [0.1, 0.15) is 0 Å². The summed E-state index contributed by atoms with van der Waals surface area (Å²) in [4.78, 5) is 13.2. The van der Waals surface area contributed by atoms with Crippen LogP contribution in [0.15, 0.2) is 49.1 Å². The van der Waals surface area contributed by atoms with Crippen molar-refractivity contribution < 1.29 is 5.11 Å². The van der Waals surface area contributed by atoms with Crippen LogP contribution in [0.25, 0.3) is 27.7 Å². The van der Waals surface area contributed by atoms with Gasteiger partial charge in [-0.2, -0.15) is 0 Å². The van der Waals surface area contributed by atoms with E-state index in [1.54, 1.807) is 12.4 Å². The van der Waals surface area contributed by atoms with Crippen molar-refractivity contribution in [2.24, 2.45) is 0 Å². The van der Waals surface area contributed by atoms with Gasteiger partial charge in [-0.3, -0.25) is 9.97 Å². The Balaban J connectivity index is 1.41. The van der Waals surface area contributed by atoms with Crippen molar-refractivity contribution in [3.8, 4) is 11.1 Å². The molecule has 2 N–H and O–H groups in total. The number of hydrogen-bond donors (Lipinski definition) is 2. The molecular weight excluding hydrogens is 352 g/mol. The second-order valence-corrected chi connectivity index (χ2v) is 7.82. The summed E-state index contributed by atoms with van der Waals surface area (Å²) in [7, 11) is 0. The van der Waals surface area contributed by atoms with Crippen LogP contribution in [0, 0.1) is 0 Å². The van der Waals surface area contributed by atoms with Crippen molar-refractivity contribution >= 4 is 22.5 Å². The molecule has 1 fully saturated rings. The molecule has 0 atom stereocenters. The fourth-order valence-corrected chi connectivity index (χ4v) is 3.91. The quantitative estimate of drug-likeness (QED) is 0.571. The Morgan fingerprint density at radius 1 is 1.07 bits per heavy atom. The Morgan fingerprint density at radius 3 is 2.68 bits per heavy atom. The molecule has 1 aromatic carbocycles. The van der Waals surface area contributed by atoms with E-state index in [9.17, 15) is 5.11 Å². The third-order valence-electron chi connectivity index (χ3n) is 5.59. The lowest BCUT2D eigenvalue weighted by Gasteiger charge is -2.33. The van der Waals surface area contributed by atoms with Crippen molar-refractivity contribution in [2.75, 3.05) is 5.32 Å². The molecule has 28 heavy (non-hydrogen) atoms. The molecular formula is C21H22N6O. The molecule has 0 aliphatic heterocycles. The number of nitrogens with zero attached hydrogens (tertiary/aromatic N) is 5. The molecule has 0 unspecified atom stereocenters. The van der Waals surface area contributed by atoms with E-state index >= 15 is 0 Å². The predicted molar refractivity (Wildman–Crippen MR) is 108 cm³/mol. The number of nitrogens with one attached hydrogen (secondary N) is 1. The van der Waals surface area contributed by atoms with Crippen molar-refractivity contribution in [2.45, 2.75) is 44.2 Å². The van der Waals surface area contributed by atoms with Crippen molar-refractivity contribution in [1.29, 1.82) is 0 Å². The van der Waals surface area contributed by atoms with E-state index < -0.39 is 5.60 Å². The summed E-state index contributed by atoms with van der Waals surface area (Å²) in [5.41, 5.74) is 4.28. The maximum Gasteiger partial charge on any atom is 0.241 e. The first-order chi connectivity index (χ1) is 13.6. The van der Waals surface area contributed by atoms with Crippen LogP contribution in [0.5, 0.6) is 0 Å². The molecule has 1 aliphatic rings. The van der Waals surface area contributed by atoms with Gasteiger partial charge in [-0.1, -0.05) is 6.07 Å². The zero-order valence-electron chi connectivity index (χ0n) is 15.7. The first-order valence-corrected chi connectivity index (χ1v) is 9.62. The maximum atomic E-state index is 10.1. The fourth-order valence-electron chi connectivity index (χ4n) is 3.91. The number of hydrogen-bond acceptors (Lipinski definition) is 6. The van der Waals surface area contributed by atoms with Crippen molar-refractivity contribution in [3.05, 3.63) is 49.1 Å². The summed E-state index contributed by atoms with van der Waals surface area (Å²) in [5, 5.41) is 18.1. The van der Waals surface area contributed by atoms with E-state index in [1.807, 2.05) is 48.1 Å². The van der Waals surface area contributed by atoms with Crippen LogP contribution in [0.2, 0.25) is 0 Å². The highest BCUT2D eigenvalue weighted by Crippen LogP contribution is 2.30. The summed E-state index contributed by atoms with van der Waals surface area (Å²) in [6.07, 6.45) is 10.6. The SMILES string of the molecule is C[C@]1(O)CC[C@@H](Nc2ncc3c(-c4ccc5nccnc5c4)ccn3n2)CC1. The van der Waals surface area contributed by atoms with Gasteiger partial charge in [0.2, 0.25) is 5.95 Å². The number of aliphatic hydroxyl groups is 1. The largest absolute Gasteiger partial charge is 0.390 e. The van der Waals surface area contributed by atoms with Crippen LogP contribution in [0.1, 0.15) is 32.6 Å². The number of fused-ring (bicyclic) bond motifs is 2. The smallest absolute Gasteiger partial charge is 0.241 e. The fraction of sp³-hybridized carbons (Fsp3) is 0.333. The lowest BCUT2D eigenvalue weighted by atomic mass is 9.84. The van der Waals surface area contributed by atoms with Crippen LogP contribution < -0.4 is 5.32 Å². The average molecular weight is 374 g/mol. The second kappa shape index (κ2) is 6.53. The molecule has 0 saturated heterocycles. The molecule has 3 aromatic heterocycles. The highest BCUT2D eigenvalue weighted by molar-refractivity contribution is 5.86. The molecule has 4 aromatic rings. The summed E-state index contributed by atoms with van der Waals surface area (Å²) >= 11 is 0. The van der Waals surface area contributed by atoms with Crippen LogP contribution in [0.4, 0.5) is 5.95 Å². The summed E-state index contributed by atoms with van der Waals surface area (Å²) in [5.74, 6) is 0.616. The molecule has 0 amide bonds. The zero-order chi connectivity index (χ0) is 19.1. The van der Waals surface area contributed by atoms with Crippen molar-refractivity contribution in [1.82, 2.24) is 24.6 Å². The van der Waals surface area contributed by atoms with E-state index in [0.717, 1.165) is 53.4 Å². The van der Waals surface area contributed by atoms with Crippen LogP contribution in [0.3, 0.4) is 0 Å². The minimum absolute atomic E-state index is 0.298. The molecule has 1 saturated carbocycles. The molecule has 0 radical (unpaired) electrons. The van der Waals surface area contributed by atoms with Crippen LogP contribution in [-0.4, -0.2) is 41.3 Å². The maximum absolute atomic E-state index is 10.1. The molecule has 7 heteroatoms. The third-order valence-corrected chi connectivity index (χ3v) is 5.59. The molecule has 142 valence electrons. The lowest BCUT2D eigenvalue weighted by Crippen LogP contribution is -2.36. The number of aromatic nitrogens is 5. The third kappa shape index (κ3) is 3.18. The molecule has 0 spiro atoms. The van der Waals surface area contributed by atoms with E-state index in [0.29, 0.717) is 12.0 Å². The Hall–Kier alpha value is -3.06. The van der Waals surface area contributed by atoms with E-state index in [-0.39, 0.29) is 0 Å². The Kier molecular flexibility index (Phi) is 3.98. The molecule has 3 heterocycles. The first-order valence-electron chi connectivity index (χ1n) is 9.62. The number of benzene rings is 1. The highest BCUT2D eigenvalue weighted by atomic mass is 16.3. The Labute approximate surface area is 162 Å². The number of rotatable bonds is 3. The van der Waals surface area contributed by atoms with Crippen LogP contribution in [-0.2, 0) is 0 Å². The Bertz CT molecular complexity index is 1140. The Morgan fingerprint density at radius 2 is 1.86 bits per heavy atom. The molecule has 1 aliphatic carbocycles. The summed E-state index contributed by atoms with van der Waals surface area (Å²) < 4.78 is 1.85. The van der Waals surface area contributed by atoms with E-state index in [2.05, 4.69) is 25.4 Å². The minimum Gasteiger partial charge on any atom is -0.390 e. The monoisotopic (exact) mass is 374 g/mol. The molecule has 0 bridgehead atoms. The standard InChI is InChI=1S/C21H22N6O/c1-21(28)7-4-15(5-8-21)25-20-24-13-19-16(6-11-27(19)26-20)14-2-3-17-18(12-14)23-10-9-22-17/h2-3,6,9-13,15,28H,4-5,7-8H2,1H3,(H,25,26)/t15-,21+. The summed E-state index contributed by atoms with van der Waals surface area (Å²) in [6.45, 7) is 1.91. The van der Waals surface area contributed by atoms with Gasteiger partial charge in [0.05, 0.1) is 28.3 Å². The minimum atomic E-state index is -0.539. The zero-order valence-corrected chi connectivity index (χ0v) is 15.7. The normalized spacial score (nSPS) is 22.6. The second-order valence-electron chi connectivity index (χ2n) is 7.82. The number of anilines is 1. The van der Waals surface area contributed by atoms with Gasteiger partial charge in [0.25, 0.3) is 0 Å². The van der Waals surface area contributed by atoms with E-state index in [4.69, 9.17) is 0 Å². The average Bonchev–Trinajstić information content (AvgIpc) is 3.12. The van der Waals surface area contributed by atoms with Gasteiger partial charge in [0, 0.05) is 30.2 Å². The summed E-state index contributed by atoms with van der Waals surface area (Å²) in [6, 6.07) is 8.41. The van der Waals surface area contributed by atoms with Crippen molar-refractivity contribution in [3.63, 3.8) is 0 Å². The first kappa shape index (κ1) is 17.1. The highest BCUT2D eigenvalue weighted by Gasteiger charge is 2.28. The van der Waals surface area contributed by atoms with Crippen LogP contribution >= 0.6 is 0 Å². The van der Waals surface area contributed by atoms with E-state index in [1.165, 1.54) is 0 Å². The predicted octanol–water partition coefficient (Wildman–Crippen LogP) is 3.45. The van der Waals surface area contributed by atoms with Gasteiger partial charge in [-0.15, -0.1) is 5.10 Å².